The summed E-state index contributed by atoms with van der Waals surface area (Å²) in [5.41, 5.74) is 0.926. The Morgan fingerprint density at radius 3 is 2.31 bits per heavy atom. The number of hydrogen-bond acceptors (Lipinski definition) is 4. The highest BCUT2D eigenvalue weighted by molar-refractivity contribution is 5.54. The molecule has 0 bridgehead atoms. The summed E-state index contributed by atoms with van der Waals surface area (Å²) in [6.45, 7) is 8.10. The molecule has 2 rings (SSSR count). The summed E-state index contributed by atoms with van der Waals surface area (Å²) >= 11 is 0. The Morgan fingerprint density at radius 1 is 1.12 bits per heavy atom. The molecule has 1 atom stereocenters. The van der Waals surface area contributed by atoms with Gasteiger partial charge in [-0.3, -0.25) is 0 Å². The summed E-state index contributed by atoms with van der Waals surface area (Å²) in [5, 5.41) is 2.93. The third-order valence-electron chi connectivity index (χ3n) is 3.96. The van der Waals surface area contributed by atoms with Crippen LogP contribution in [0.25, 0.3) is 0 Å². The summed E-state index contributed by atoms with van der Waals surface area (Å²) in [6, 6.07) is 7.68. The first-order valence-corrected chi connectivity index (χ1v) is 8.64. The molecule has 0 fully saturated rings. The second-order valence-electron chi connectivity index (χ2n) is 6.67. The summed E-state index contributed by atoms with van der Waals surface area (Å²) < 4.78 is 44.6. The van der Waals surface area contributed by atoms with Crippen LogP contribution < -0.4 is 10.1 Å². The lowest BCUT2D eigenvalue weighted by molar-refractivity contribution is -0.139. The van der Waals surface area contributed by atoms with E-state index in [4.69, 9.17) is 4.74 Å². The largest absolute Gasteiger partial charge is 0.477 e. The molecule has 0 aliphatic heterocycles. The van der Waals surface area contributed by atoms with Gasteiger partial charge in [0.1, 0.15) is 5.56 Å². The SMILES string of the molecule is CCC(C)c1ccc(Nc2ncc(C(F)(F)F)c(OCC(C)C)n2)cc1. The molecule has 1 aromatic carbocycles. The number of benzene rings is 1. The van der Waals surface area contributed by atoms with E-state index in [-0.39, 0.29) is 18.5 Å². The van der Waals surface area contributed by atoms with Gasteiger partial charge in [0.2, 0.25) is 11.8 Å². The maximum Gasteiger partial charge on any atom is 0.423 e. The van der Waals surface area contributed by atoms with Gasteiger partial charge in [-0.2, -0.15) is 18.2 Å². The first-order chi connectivity index (χ1) is 12.2. The molecule has 1 aromatic heterocycles. The number of halogens is 3. The van der Waals surface area contributed by atoms with Gasteiger partial charge < -0.3 is 10.1 Å². The molecule has 1 heterocycles. The zero-order valence-corrected chi connectivity index (χ0v) is 15.4. The van der Waals surface area contributed by atoms with Crippen LogP contribution in [0, 0.1) is 5.92 Å². The van der Waals surface area contributed by atoms with Crippen molar-refractivity contribution in [3.63, 3.8) is 0 Å². The molecule has 2 aromatic rings. The van der Waals surface area contributed by atoms with E-state index < -0.39 is 17.6 Å². The smallest absolute Gasteiger partial charge is 0.423 e. The van der Waals surface area contributed by atoms with Crippen molar-refractivity contribution in [2.75, 3.05) is 11.9 Å². The Labute approximate surface area is 151 Å². The second kappa shape index (κ2) is 8.38. The molecule has 0 saturated carbocycles. The van der Waals surface area contributed by atoms with E-state index in [1.807, 2.05) is 38.1 Å². The molecule has 0 saturated heterocycles. The van der Waals surface area contributed by atoms with E-state index in [0.29, 0.717) is 11.6 Å². The second-order valence-corrected chi connectivity index (χ2v) is 6.67. The molecule has 7 heteroatoms. The van der Waals surface area contributed by atoms with Gasteiger partial charge >= 0.3 is 6.18 Å². The molecule has 4 nitrogen and oxygen atoms in total. The lowest BCUT2D eigenvalue weighted by Gasteiger charge is -2.15. The van der Waals surface area contributed by atoms with Gasteiger partial charge in [0.15, 0.2) is 0 Å². The van der Waals surface area contributed by atoms with Crippen molar-refractivity contribution in [1.82, 2.24) is 9.97 Å². The minimum Gasteiger partial charge on any atom is -0.477 e. The van der Waals surface area contributed by atoms with Crippen molar-refractivity contribution in [2.24, 2.45) is 5.92 Å². The highest BCUT2D eigenvalue weighted by atomic mass is 19.4. The van der Waals surface area contributed by atoms with Gasteiger partial charge in [-0.05, 0) is 36.0 Å². The predicted molar refractivity (Wildman–Crippen MR) is 95.8 cm³/mol. The van der Waals surface area contributed by atoms with E-state index in [1.54, 1.807) is 0 Å². The highest BCUT2D eigenvalue weighted by Crippen LogP contribution is 2.35. The molecule has 0 amide bonds. The molecule has 0 spiro atoms. The lowest BCUT2D eigenvalue weighted by atomic mass is 9.99. The standard InChI is InChI=1S/C19H24F3N3O/c1-5-13(4)14-6-8-15(9-7-14)24-18-23-10-16(19(20,21)22)17(25-18)26-11-12(2)3/h6-10,12-13H,5,11H2,1-4H3,(H,23,24,25). The Bertz CT molecular complexity index is 715. The fraction of sp³-hybridized carbons (Fsp3) is 0.474. The molecule has 0 aliphatic carbocycles. The van der Waals surface area contributed by atoms with Crippen LogP contribution in [0.5, 0.6) is 5.88 Å². The number of nitrogens with zero attached hydrogens (tertiary/aromatic N) is 2. The van der Waals surface area contributed by atoms with Crippen LogP contribution in [0.2, 0.25) is 0 Å². The Morgan fingerprint density at radius 2 is 1.77 bits per heavy atom. The molecule has 1 unspecified atom stereocenters. The minimum absolute atomic E-state index is 0.0630. The molecule has 26 heavy (non-hydrogen) atoms. The first kappa shape index (κ1) is 20.0. The van der Waals surface area contributed by atoms with Crippen molar-refractivity contribution in [1.29, 1.82) is 0 Å². The van der Waals surface area contributed by atoms with Gasteiger partial charge in [-0.1, -0.05) is 39.8 Å². The molecular weight excluding hydrogens is 343 g/mol. The van der Waals surface area contributed by atoms with E-state index in [2.05, 4.69) is 29.1 Å². The summed E-state index contributed by atoms with van der Waals surface area (Å²) in [5.74, 6) is 0.130. The van der Waals surface area contributed by atoms with Crippen LogP contribution in [0.4, 0.5) is 24.8 Å². The number of rotatable bonds is 7. The Hall–Kier alpha value is -2.31. The molecule has 0 aliphatic rings. The maximum absolute atomic E-state index is 13.1. The fourth-order valence-electron chi connectivity index (χ4n) is 2.24. The molecular formula is C19H24F3N3O. The van der Waals surface area contributed by atoms with Crippen molar-refractivity contribution in [3.8, 4) is 5.88 Å². The number of ether oxygens (including phenoxy) is 1. The number of alkyl halides is 3. The normalized spacial score (nSPS) is 12.9. The van der Waals surface area contributed by atoms with E-state index in [9.17, 15) is 13.2 Å². The number of hydrogen-bond donors (Lipinski definition) is 1. The maximum atomic E-state index is 13.1. The lowest BCUT2D eigenvalue weighted by Crippen LogP contribution is -2.14. The van der Waals surface area contributed by atoms with Crippen LogP contribution in [0.3, 0.4) is 0 Å². The highest BCUT2D eigenvalue weighted by Gasteiger charge is 2.36. The van der Waals surface area contributed by atoms with Crippen LogP contribution >= 0.6 is 0 Å². The monoisotopic (exact) mass is 367 g/mol. The van der Waals surface area contributed by atoms with Crippen molar-refractivity contribution < 1.29 is 17.9 Å². The van der Waals surface area contributed by atoms with Crippen LogP contribution in [-0.4, -0.2) is 16.6 Å². The van der Waals surface area contributed by atoms with E-state index in [1.165, 1.54) is 5.56 Å². The number of nitrogens with one attached hydrogen (secondary N) is 1. The summed E-state index contributed by atoms with van der Waals surface area (Å²) in [6.07, 6.45) is -2.79. The van der Waals surface area contributed by atoms with Crippen molar-refractivity contribution in [2.45, 2.75) is 46.2 Å². The van der Waals surface area contributed by atoms with Gasteiger partial charge in [0, 0.05) is 11.9 Å². The topological polar surface area (TPSA) is 47.0 Å². The Balaban J connectivity index is 2.22. The average molecular weight is 367 g/mol. The van der Waals surface area contributed by atoms with Crippen molar-refractivity contribution in [3.05, 3.63) is 41.6 Å². The van der Waals surface area contributed by atoms with E-state index in [0.717, 1.165) is 12.6 Å². The van der Waals surface area contributed by atoms with Crippen LogP contribution in [0.15, 0.2) is 30.5 Å². The molecule has 0 radical (unpaired) electrons. The Kier molecular flexibility index (Phi) is 6.45. The number of aromatic nitrogens is 2. The third kappa shape index (κ3) is 5.34. The first-order valence-electron chi connectivity index (χ1n) is 8.64. The summed E-state index contributed by atoms with van der Waals surface area (Å²) in [4.78, 5) is 7.70. The van der Waals surface area contributed by atoms with Gasteiger partial charge in [0.05, 0.1) is 6.61 Å². The predicted octanol–water partition coefficient (Wildman–Crippen LogP) is 5.79. The van der Waals surface area contributed by atoms with Crippen molar-refractivity contribution >= 4 is 11.6 Å². The van der Waals surface area contributed by atoms with Gasteiger partial charge in [-0.25, -0.2) is 4.98 Å². The van der Waals surface area contributed by atoms with Crippen LogP contribution in [0.1, 0.15) is 51.2 Å². The summed E-state index contributed by atoms with van der Waals surface area (Å²) in [7, 11) is 0. The zero-order valence-electron chi connectivity index (χ0n) is 15.4. The van der Waals surface area contributed by atoms with Gasteiger partial charge in [-0.15, -0.1) is 0 Å². The van der Waals surface area contributed by atoms with E-state index >= 15 is 0 Å². The number of anilines is 2. The minimum atomic E-state index is -4.57. The average Bonchev–Trinajstić information content (AvgIpc) is 2.59. The third-order valence-corrected chi connectivity index (χ3v) is 3.96. The quantitative estimate of drug-likeness (QED) is 0.673. The molecule has 142 valence electrons. The van der Waals surface area contributed by atoms with Crippen LogP contribution in [-0.2, 0) is 6.18 Å². The van der Waals surface area contributed by atoms with Gasteiger partial charge in [0.25, 0.3) is 0 Å². The zero-order chi connectivity index (χ0) is 19.3. The fourth-order valence-corrected chi connectivity index (χ4v) is 2.24. The molecule has 1 N–H and O–H groups in total.